The number of aromatic carboxylic acids is 1. The monoisotopic (exact) mass is 411 g/mol. The second-order valence-electron chi connectivity index (χ2n) is 6.03. The highest BCUT2D eigenvalue weighted by Crippen LogP contribution is 2.29. The zero-order valence-corrected chi connectivity index (χ0v) is 15.9. The molecule has 1 saturated heterocycles. The second-order valence-corrected chi connectivity index (χ2v) is 9.19. The van der Waals surface area contributed by atoms with Crippen molar-refractivity contribution in [1.29, 1.82) is 0 Å². The first kappa shape index (κ1) is 19.8. The zero-order valence-electron chi connectivity index (χ0n) is 14.3. The van der Waals surface area contributed by atoms with E-state index in [1.165, 1.54) is 28.6 Å². The van der Waals surface area contributed by atoms with Gasteiger partial charge in [0.1, 0.15) is 5.82 Å². The van der Waals surface area contributed by atoms with Crippen molar-refractivity contribution < 1.29 is 27.8 Å². The quantitative estimate of drug-likeness (QED) is 0.785. The predicted molar refractivity (Wildman–Crippen MR) is 101 cm³/mol. The Bertz CT molecular complexity index is 972. The first-order valence-electron chi connectivity index (χ1n) is 8.19. The Morgan fingerprint density at radius 1 is 1.11 bits per heavy atom. The molecule has 1 fully saturated rings. The van der Waals surface area contributed by atoms with Gasteiger partial charge >= 0.3 is 5.97 Å². The van der Waals surface area contributed by atoms with Gasteiger partial charge < -0.3 is 10.2 Å². The molecule has 9 heteroatoms. The Labute approximate surface area is 160 Å². The standard InChI is InChI=1S/C18H18FNO5S2/c19-17-2-1-12(7-15(17)11-21)13-8-14(18(22)23)10-16(9-13)27(24,25)20-3-5-26-6-4-20/h1-2,7-10,21H,3-6,11H2,(H,22,23). The Morgan fingerprint density at radius 2 is 1.81 bits per heavy atom. The van der Waals surface area contributed by atoms with Crippen LogP contribution in [0.25, 0.3) is 11.1 Å². The molecule has 0 saturated carbocycles. The summed E-state index contributed by atoms with van der Waals surface area (Å²) in [5.74, 6) is -0.480. The molecule has 2 N–H and O–H groups in total. The van der Waals surface area contributed by atoms with Crippen molar-refractivity contribution in [2.75, 3.05) is 24.6 Å². The van der Waals surface area contributed by atoms with Crippen LogP contribution in [0.4, 0.5) is 4.39 Å². The number of hydrogen-bond acceptors (Lipinski definition) is 5. The number of carboxylic acid groups (broad SMARTS) is 1. The van der Waals surface area contributed by atoms with Gasteiger partial charge in [-0.1, -0.05) is 6.07 Å². The fourth-order valence-electron chi connectivity index (χ4n) is 2.85. The molecule has 144 valence electrons. The number of carboxylic acids is 1. The van der Waals surface area contributed by atoms with Gasteiger partial charge in [0.25, 0.3) is 0 Å². The molecule has 0 bridgehead atoms. The highest BCUT2D eigenvalue weighted by Gasteiger charge is 2.27. The van der Waals surface area contributed by atoms with Gasteiger partial charge in [0, 0.05) is 30.2 Å². The van der Waals surface area contributed by atoms with Crippen molar-refractivity contribution in [3.63, 3.8) is 0 Å². The van der Waals surface area contributed by atoms with E-state index in [4.69, 9.17) is 0 Å². The average Bonchev–Trinajstić information content (AvgIpc) is 2.68. The molecular formula is C18H18FNO5S2. The minimum atomic E-state index is -3.84. The Hall–Kier alpha value is -1.94. The Morgan fingerprint density at radius 3 is 2.44 bits per heavy atom. The summed E-state index contributed by atoms with van der Waals surface area (Å²) < 4.78 is 40.9. The third-order valence-corrected chi connectivity index (χ3v) is 7.13. The molecule has 6 nitrogen and oxygen atoms in total. The molecule has 1 heterocycles. The summed E-state index contributed by atoms with van der Waals surface area (Å²) in [6.07, 6.45) is 0. The van der Waals surface area contributed by atoms with E-state index in [0.717, 1.165) is 12.1 Å². The van der Waals surface area contributed by atoms with Gasteiger partial charge in [0.15, 0.2) is 0 Å². The van der Waals surface area contributed by atoms with Gasteiger partial charge in [-0.15, -0.1) is 0 Å². The fourth-order valence-corrected chi connectivity index (χ4v) is 5.50. The van der Waals surface area contributed by atoms with Gasteiger partial charge in [-0.05, 0) is 41.5 Å². The molecule has 0 atom stereocenters. The summed E-state index contributed by atoms with van der Waals surface area (Å²) in [6, 6.07) is 7.82. The molecule has 0 aliphatic carbocycles. The van der Waals surface area contributed by atoms with Crippen molar-refractivity contribution in [2.24, 2.45) is 0 Å². The maximum atomic E-state index is 13.6. The molecule has 1 aliphatic heterocycles. The van der Waals surface area contributed by atoms with Crippen molar-refractivity contribution in [2.45, 2.75) is 11.5 Å². The number of aliphatic hydroxyl groups is 1. The van der Waals surface area contributed by atoms with E-state index in [2.05, 4.69) is 0 Å². The van der Waals surface area contributed by atoms with Gasteiger partial charge in [-0.2, -0.15) is 16.1 Å². The molecule has 0 unspecified atom stereocenters. The lowest BCUT2D eigenvalue weighted by molar-refractivity contribution is 0.0696. The molecule has 0 radical (unpaired) electrons. The van der Waals surface area contributed by atoms with E-state index in [0.29, 0.717) is 35.7 Å². The van der Waals surface area contributed by atoms with Gasteiger partial charge in [-0.3, -0.25) is 0 Å². The number of aliphatic hydroxyl groups excluding tert-OH is 1. The third kappa shape index (κ3) is 4.16. The zero-order chi connectivity index (χ0) is 19.6. The first-order valence-corrected chi connectivity index (χ1v) is 10.8. The number of carbonyl (C=O) groups is 1. The van der Waals surface area contributed by atoms with Crippen molar-refractivity contribution in [1.82, 2.24) is 4.31 Å². The van der Waals surface area contributed by atoms with Crippen LogP contribution in [0.2, 0.25) is 0 Å². The van der Waals surface area contributed by atoms with E-state index in [9.17, 15) is 27.8 Å². The molecule has 1 aliphatic rings. The maximum Gasteiger partial charge on any atom is 0.335 e. The van der Waals surface area contributed by atoms with Gasteiger partial charge in [0.2, 0.25) is 10.0 Å². The van der Waals surface area contributed by atoms with Crippen LogP contribution in [0.15, 0.2) is 41.3 Å². The predicted octanol–water partition coefficient (Wildman–Crippen LogP) is 2.42. The largest absolute Gasteiger partial charge is 0.478 e. The summed E-state index contributed by atoms with van der Waals surface area (Å²) >= 11 is 1.66. The van der Waals surface area contributed by atoms with E-state index >= 15 is 0 Å². The SMILES string of the molecule is O=C(O)c1cc(-c2ccc(F)c(CO)c2)cc(S(=O)(=O)N2CCSCC2)c1. The van der Waals surface area contributed by atoms with Crippen LogP contribution in [0.3, 0.4) is 0 Å². The number of nitrogens with zero attached hydrogens (tertiary/aromatic N) is 1. The molecule has 0 amide bonds. The Kier molecular flexibility index (Phi) is 5.85. The highest BCUT2D eigenvalue weighted by molar-refractivity contribution is 7.99. The molecule has 0 spiro atoms. The van der Waals surface area contributed by atoms with E-state index in [-0.39, 0.29) is 16.0 Å². The number of hydrogen-bond donors (Lipinski definition) is 2. The summed E-state index contributed by atoms with van der Waals surface area (Å²) in [6.45, 7) is 0.213. The number of rotatable bonds is 5. The molecule has 0 aromatic heterocycles. The third-order valence-electron chi connectivity index (χ3n) is 4.31. The summed E-state index contributed by atoms with van der Waals surface area (Å²) in [5, 5.41) is 18.6. The van der Waals surface area contributed by atoms with Gasteiger partial charge in [-0.25, -0.2) is 17.6 Å². The van der Waals surface area contributed by atoms with Crippen LogP contribution in [0.5, 0.6) is 0 Å². The van der Waals surface area contributed by atoms with Crippen LogP contribution in [-0.2, 0) is 16.6 Å². The van der Waals surface area contributed by atoms with Crippen LogP contribution >= 0.6 is 11.8 Å². The van der Waals surface area contributed by atoms with Crippen molar-refractivity contribution >= 4 is 27.8 Å². The Balaban J connectivity index is 2.12. The van der Waals surface area contributed by atoms with E-state index < -0.39 is 28.4 Å². The van der Waals surface area contributed by atoms with Crippen LogP contribution in [0.1, 0.15) is 15.9 Å². The highest BCUT2D eigenvalue weighted by atomic mass is 32.2. The lowest BCUT2D eigenvalue weighted by Crippen LogP contribution is -2.37. The lowest BCUT2D eigenvalue weighted by atomic mass is 10.0. The van der Waals surface area contributed by atoms with Gasteiger partial charge in [0.05, 0.1) is 17.1 Å². The molecule has 3 rings (SSSR count). The molecule has 2 aromatic rings. The first-order chi connectivity index (χ1) is 12.8. The van der Waals surface area contributed by atoms with Crippen LogP contribution in [-0.4, -0.2) is 53.5 Å². The molecule has 27 heavy (non-hydrogen) atoms. The minimum Gasteiger partial charge on any atom is -0.478 e. The van der Waals surface area contributed by atoms with Crippen LogP contribution in [0, 0.1) is 5.82 Å². The number of thioether (sulfide) groups is 1. The maximum absolute atomic E-state index is 13.6. The topological polar surface area (TPSA) is 94.9 Å². The average molecular weight is 411 g/mol. The fraction of sp³-hybridized carbons (Fsp3) is 0.278. The summed E-state index contributed by atoms with van der Waals surface area (Å²) in [4.78, 5) is 11.4. The van der Waals surface area contributed by atoms with E-state index in [1.54, 1.807) is 11.8 Å². The number of halogens is 1. The minimum absolute atomic E-state index is 0.0469. The summed E-state index contributed by atoms with van der Waals surface area (Å²) in [5.41, 5.74) is 0.627. The second kappa shape index (κ2) is 7.97. The molecule has 2 aromatic carbocycles. The molecular weight excluding hydrogens is 393 g/mol. The van der Waals surface area contributed by atoms with E-state index in [1.807, 2.05) is 0 Å². The van der Waals surface area contributed by atoms with Crippen molar-refractivity contribution in [3.05, 3.63) is 53.3 Å². The number of benzene rings is 2. The number of sulfonamides is 1. The smallest absolute Gasteiger partial charge is 0.335 e. The van der Waals surface area contributed by atoms with Crippen molar-refractivity contribution in [3.8, 4) is 11.1 Å². The normalized spacial score (nSPS) is 15.6. The lowest BCUT2D eigenvalue weighted by Gasteiger charge is -2.26. The van der Waals surface area contributed by atoms with Crippen LogP contribution < -0.4 is 0 Å². The summed E-state index contributed by atoms with van der Waals surface area (Å²) in [7, 11) is -3.84.